The van der Waals surface area contributed by atoms with Crippen molar-refractivity contribution in [3.05, 3.63) is 77.9 Å². The predicted molar refractivity (Wildman–Crippen MR) is 110 cm³/mol. The number of ether oxygens (including phenoxy) is 2. The molecule has 4 rings (SSSR count). The summed E-state index contributed by atoms with van der Waals surface area (Å²) in [5, 5.41) is 7.82. The van der Waals surface area contributed by atoms with Crippen molar-refractivity contribution in [2.24, 2.45) is 0 Å². The quantitative estimate of drug-likeness (QED) is 0.529. The summed E-state index contributed by atoms with van der Waals surface area (Å²) < 4.78 is 16.1. The molecule has 0 atom stereocenters. The van der Waals surface area contributed by atoms with Crippen LogP contribution in [0.3, 0.4) is 0 Å². The van der Waals surface area contributed by atoms with E-state index in [1.165, 1.54) is 0 Å². The van der Waals surface area contributed by atoms with Gasteiger partial charge in [-0.05, 0) is 30.3 Å². The molecule has 6 nitrogen and oxygen atoms in total. The number of nitrogens with one attached hydrogen (secondary N) is 1. The average molecular weight is 388 g/mol. The second-order valence-corrected chi connectivity index (χ2v) is 6.47. The first kappa shape index (κ1) is 18.6. The van der Waals surface area contributed by atoms with Crippen LogP contribution in [-0.2, 0) is 6.54 Å². The highest BCUT2D eigenvalue weighted by atomic mass is 16.5. The van der Waals surface area contributed by atoms with E-state index < -0.39 is 0 Å². The van der Waals surface area contributed by atoms with Crippen molar-refractivity contribution in [2.45, 2.75) is 6.54 Å². The molecule has 1 aromatic heterocycles. The third kappa shape index (κ3) is 3.78. The number of aromatic nitrogens is 1. The van der Waals surface area contributed by atoms with Crippen LogP contribution in [0.15, 0.2) is 71.3 Å². The second kappa shape index (κ2) is 8.06. The molecule has 0 spiro atoms. The van der Waals surface area contributed by atoms with Crippen molar-refractivity contribution in [3.8, 4) is 22.8 Å². The molecule has 1 N–H and O–H groups in total. The summed E-state index contributed by atoms with van der Waals surface area (Å²) >= 11 is 0. The Labute approximate surface area is 168 Å². The molecule has 0 saturated heterocycles. The molecule has 0 fully saturated rings. The summed E-state index contributed by atoms with van der Waals surface area (Å²) in [7, 11) is 3.19. The van der Waals surface area contributed by atoms with E-state index in [4.69, 9.17) is 14.0 Å². The van der Waals surface area contributed by atoms with Crippen LogP contribution >= 0.6 is 0 Å². The number of methoxy groups -OCH3 is 2. The van der Waals surface area contributed by atoms with Crippen LogP contribution in [0.4, 0.5) is 0 Å². The Morgan fingerprint density at radius 3 is 2.59 bits per heavy atom. The first-order valence-electron chi connectivity index (χ1n) is 9.13. The highest BCUT2D eigenvalue weighted by Gasteiger charge is 2.14. The fourth-order valence-electron chi connectivity index (χ4n) is 3.16. The SMILES string of the molecule is COc1ccc(CNC(=O)c2ccc3noc(-c4ccccc4)c3c2)c(OC)c1. The highest BCUT2D eigenvalue weighted by Crippen LogP contribution is 2.29. The number of fused-ring (bicyclic) bond motifs is 1. The molecule has 6 heteroatoms. The first-order valence-corrected chi connectivity index (χ1v) is 9.13. The zero-order valence-corrected chi connectivity index (χ0v) is 16.1. The van der Waals surface area contributed by atoms with Crippen LogP contribution in [0.5, 0.6) is 11.5 Å². The summed E-state index contributed by atoms with van der Waals surface area (Å²) in [4.78, 5) is 12.7. The van der Waals surface area contributed by atoms with Crippen molar-refractivity contribution in [2.75, 3.05) is 14.2 Å². The summed E-state index contributed by atoms with van der Waals surface area (Å²) in [5.41, 5.74) is 3.01. The second-order valence-electron chi connectivity index (χ2n) is 6.47. The summed E-state index contributed by atoms with van der Waals surface area (Å²) in [6.07, 6.45) is 0. The van der Waals surface area contributed by atoms with Gasteiger partial charge in [-0.1, -0.05) is 35.5 Å². The van der Waals surface area contributed by atoms with Crippen molar-refractivity contribution >= 4 is 16.8 Å². The zero-order valence-electron chi connectivity index (χ0n) is 16.1. The summed E-state index contributed by atoms with van der Waals surface area (Å²) in [5.74, 6) is 1.81. The lowest BCUT2D eigenvalue weighted by atomic mass is 10.1. The van der Waals surface area contributed by atoms with Crippen molar-refractivity contribution in [1.29, 1.82) is 0 Å². The highest BCUT2D eigenvalue weighted by molar-refractivity contribution is 6.00. The minimum Gasteiger partial charge on any atom is -0.497 e. The van der Waals surface area contributed by atoms with Crippen LogP contribution in [0.25, 0.3) is 22.2 Å². The molecule has 146 valence electrons. The van der Waals surface area contributed by atoms with Gasteiger partial charge in [0.15, 0.2) is 5.76 Å². The number of nitrogens with zero attached hydrogens (tertiary/aromatic N) is 1. The molecule has 1 heterocycles. The van der Waals surface area contributed by atoms with E-state index in [-0.39, 0.29) is 5.91 Å². The summed E-state index contributed by atoms with van der Waals surface area (Å²) in [6, 6.07) is 20.5. The lowest BCUT2D eigenvalue weighted by molar-refractivity contribution is 0.0951. The van der Waals surface area contributed by atoms with E-state index in [0.29, 0.717) is 34.9 Å². The Morgan fingerprint density at radius 1 is 1.00 bits per heavy atom. The van der Waals surface area contributed by atoms with Crippen molar-refractivity contribution < 1.29 is 18.8 Å². The lowest BCUT2D eigenvalue weighted by Gasteiger charge is -2.11. The minimum atomic E-state index is -0.190. The normalized spacial score (nSPS) is 10.7. The topological polar surface area (TPSA) is 73.6 Å². The molecule has 4 aromatic rings. The lowest BCUT2D eigenvalue weighted by Crippen LogP contribution is -2.23. The number of carbonyl (C=O) groups excluding carboxylic acids is 1. The zero-order chi connectivity index (χ0) is 20.2. The molecule has 0 aliphatic rings. The van der Waals surface area contributed by atoms with E-state index in [9.17, 15) is 4.79 Å². The van der Waals surface area contributed by atoms with Crippen LogP contribution in [-0.4, -0.2) is 25.3 Å². The Balaban J connectivity index is 1.56. The molecule has 29 heavy (non-hydrogen) atoms. The maximum atomic E-state index is 12.7. The first-order chi connectivity index (χ1) is 14.2. The van der Waals surface area contributed by atoms with Gasteiger partial charge in [-0.15, -0.1) is 0 Å². The fraction of sp³-hybridized carbons (Fsp3) is 0.130. The van der Waals surface area contributed by atoms with Gasteiger partial charge in [0.1, 0.15) is 17.0 Å². The van der Waals surface area contributed by atoms with Crippen molar-refractivity contribution in [3.63, 3.8) is 0 Å². The molecule has 0 radical (unpaired) electrons. The van der Waals surface area contributed by atoms with Gasteiger partial charge in [0.05, 0.1) is 19.6 Å². The molecular formula is C23H20N2O4. The third-order valence-electron chi connectivity index (χ3n) is 4.71. The van der Waals surface area contributed by atoms with Crippen LogP contribution in [0, 0.1) is 0 Å². The van der Waals surface area contributed by atoms with Crippen LogP contribution < -0.4 is 14.8 Å². The van der Waals surface area contributed by atoms with Gasteiger partial charge >= 0.3 is 0 Å². The number of amides is 1. The number of hydrogen-bond acceptors (Lipinski definition) is 5. The Kier molecular flexibility index (Phi) is 5.16. The molecule has 0 bridgehead atoms. The maximum absolute atomic E-state index is 12.7. The Hall–Kier alpha value is -3.80. The maximum Gasteiger partial charge on any atom is 0.251 e. The summed E-state index contributed by atoms with van der Waals surface area (Å²) in [6.45, 7) is 0.333. The molecular weight excluding hydrogens is 368 g/mol. The predicted octanol–water partition coefficient (Wildman–Crippen LogP) is 4.44. The van der Waals surface area contributed by atoms with Crippen LogP contribution in [0.2, 0.25) is 0 Å². The number of carbonyl (C=O) groups is 1. The van der Waals surface area contributed by atoms with Gasteiger partial charge < -0.3 is 19.3 Å². The van der Waals surface area contributed by atoms with Crippen molar-refractivity contribution in [1.82, 2.24) is 10.5 Å². The molecule has 0 unspecified atom stereocenters. The van der Waals surface area contributed by atoms with Crippen LogP contribution in [0.1, 0.15) is 15.9 Å². The van der Waals surface area contributed by atoms with Gasteiger partial charge in [-0.3, -0.25) is 4.79 Å². The van der Waals surface area contributed by atoms with E-state index in [2.05, 4.69) is 10.5 Å². The van der Waals surface area contributed by atoms with Gasteiger partial charge in [-0.2, -0.15) is 0 Å². The number of benzene rings is 3. The standard InChI is InChI=1S/C23H20N2O4/c1-27-18-10-8-17(21(13-18)28-2)14-24-23(26)16-9-11-20-19(12-16)22(29-25-20)15-6-4-3-5-7-15/h3-13H,14H2,1-2H3,(H,24,26). The van der Waals surface area contributed by atoms with Gasteiger partial charge in [-0.25, -0.2) is 0 Å². The monoisotopic (exact) mass is 388 g/mol. The minimum absolute atomic E-state index is 0.190. The smallest absolute Gasteiger partial charge is 0.251 e. The van der Waals surface area contributed by atoms with E-state index in [1.54, 1.807) is 38.5 Å². The van der Waals surface area contributed by atoms with E-state index >= 15 is 0 Å². The average Bonchev–Trinajstić information content (AvgIpc) is 3.21. The third-order valence-corrected chi connectivity index (χ3v) is 4.71. The fourth-order valence-corrected chi connectivity index (χ4v) is 3.16. The van der Waals surface area contributed by atoms with E-state index in [1.807, 2.05) is 42.5 Å². The Bertz CT molecular complexity index is 1150. The van der Waals surface area contributed by atoms with Gasteiger partial charge in [0, 0.05) is 29.3 Å². The molecule has 1 amide bonds. The Morgan fingerprint density at radius 2 is 1.83 bits per heavy atom. The largest absolute Gasteiger partial charge is 0.497 e. The molecule has 0 aliphatic carbocycles. The van der Waals surface area contributed by atoms with E-state index in [0.717, 1.165) is 16.5 Å². The van der Waals surface area contributed by atoms with Gasteiger partial charge in [0.25, 0.3) is 5.91 Å². The molecule has 0 aliphatic heterocycles. The molecule has 3 aromatic carbocycles. The number of hydrogen-bond donors (Lipinski definition) is 1. The van der Waals surface area contributed by atoms with Gasteiger partial charge in [0.2, 0.25) is 0 Å². The number of rotatable bonds is 6. The molecule has 0 saturated carbocycles.